The van der Waals surface area contributed by atoms with Crippen molar-refractivity contribution in [1.29, 1.82) is 0 Å². The maximum Gasteiger partial charge on any atom is 0.314 e. The van der Waals surface area contributed by atoms with Crippen molar-refractivity contribution in [1.82, 2.24) is 9.88 Å². The lowest BCUT2D eigenvalue weighted by molar-refractivity contribution is -0.143. The second-order valence-electron chi connectivity index (χ2n) is 6.51. The van der Waals surface area contributed by atoms with Crippen LogP contribution in [0, 0.1) is 13.8 Å². The number of likely N-dealkylation sites (tertiary alicyclic amines) is 1. The first-order chi connectivity index (χ1) is 12.5. The van der Waals surface area contributed by atoms with E-state index in [4.69, 9.17) is 4.74 Å². The number of rotatable bonds is 3. The average Bonchev–Trinajstić information content (AvgIpc) is 3.13. The molecule has 1 N–H and O–H groups in total. The number of hydrogen-bond acceptors (Lipinski definition) is 4. The van der Waals surface area contributed by atoms with E-state index in [0.29, 0.717) is 12.2 Å². The Morgan fingerprint density at radius 1 is 1.23 bits per heavy atom. The van der Waals surface area contributed by atoms with Crippen LogP contribution in [-0.2, 0) is 9.59 Å². The first-order valence-electron chi connectivity index (χ1n) is 8.69. The average molecular weight is 353 g/mol. The summed E-state index contributed by atoms with van der Waals surface area (Å²) in [6.45, 7) is 4.70. The Hall–Kier alpha value is -2.89. The van der Waals surface area contributed by atoms with Gasteiger partial charge < -0.3 is 15.0 Å². The molecule has 136 valence electrons. The number of aromatic nitrogens is 1. The zero-order chi connectivity index (χ0) is 18.7. The van der Waals surface area contributed by atoms with Gasteiger partial charge in [-0.05, 0) is 55.5 Å². The van der Waals surface area contributed by atoms with Gasteiger partial charge >= 0.3 is 11.8 Å². The number of anilines is 1. The maximum atomic E-state index is 12.7. The van der Waals surface area contributed by atoms with E-state index in [1.54, 1.807) is 23.2 Å². The third-order valence-electron chi connectivity index (χ3n) is 4.84. The molecule has 1 aliphatic rings. The van der Waals surface area contributed by atoms with Crippen molar-refractivity contribution in [2.24, 2.45) is 0 Å². The van der Waals surface area contributed by atoms with E-state index < -0.39 is 11.8 Å². The smallest absolute Gasteiger partial charge is 0.314 e. The number of hydrogen-bond donors (Lipinski definition) is 1. The van der Waals surface area contributed by atoms with Gasteiger partial charge in [0.2, 0.25) is 5.88 Å². The third kappa shape index (κ3) is 3.54. The monoisotopic (exact) mass is 353 g/mol. The lowest BCUT2D eigenvalue weighted by Crippen LogP contribution is -2.39. The summed E-state index contributed by atoms with van der Waals surface area (Å²) in [6.07, 6.45) is 3.30. The van der Waals surface area contributed by atoms with Crippen LogP contribution in [0.4, 0.5) is 5.69 Å². The summed E-state index contributed by atoms with van der Waals surface area (Å²) in [7, 11) is 1.47. The fourth-order valence-corrected chi connectivity index (χ4v) is 3.28. The van der Waals surface area contributed by atoms with Crippen LogP contribution in [0.3, 0.4) is 0 Å². The van der Waals surface area contributed by atoms with E-state index in [0.717, 1.165) is 18.4 Å². The van der Waals surface area contributed by atoms with Gasteiger partial charge in [0, 0.05) is 12.7 Å². The maximum absolute atomic E-state index is 12.7. The highest BCUT2D eigenvalue weighted by molar-refractivity contribution is 6.39. The Morgan fingerprint density at radius 3 is 2.77 bits per heavy atom. The molecule has 1 fully saturated rings. The first kappa shape index (κ1) is 17.9. The summed E-state index contributed by atoms with van der Waals surface area (Å²) in [4.78, 5) is 30.9. The van der Waals surface area contributed by atoms with Crippen molar-refractivity contribution in [3.8, 4) is 5.88 Å². The second-order valence-corrected chi connectivity index (χ2v) is 6.51. The van der Waals surface area contributed by atoms with Gasteiger partial charge in [-0.1, -0.05) is 18.2 Å². The number of amides is 2. The standard InChI is InChI=1S/C20H23N3O3/c1-13-8-9-15(12-14(13)2)17-7-5-11-23(17)20(25)18(24)22-16-6-4-10-21-19(16)26-3/h4,6,8-10,12,17H,5,7,11H2,1-3H3,(H,22,24)/t17-/m1/s1. The van der Waals surface area contributed by atoms with Crippen molar-refractivity contribution in [3.05, 3.63) is 53.2 Å². The van der Waals surface area contributed by atoms with Gasteiger partial charge in [-0.25, -0.2) is 4.98 Å². The Bertz CT molecular complexity index is 835. The Kier molecular flexibility index (Phi) is 5.21. The molecule has 1 aromatic carbocycles. The summed E-state index contributed by atoms with van der Waals surface area (Å²) in [5.74, 6) is -0.926. The van der Waals surface area contributed by atoms with Crippen LogP contribution in [0.1, 0.15) is 35.6 Å². The predicted octanol–water partition coefficient (Wildman–Crippen LogP) is 3.01. The van der Waals surface area contributed by atoms with Gasteiger partial charge in [0.15, 0.2) is 0 Å². The Labute approximate surface area is 153 Å². The molecule has 1 saturated heterocycles. The molecular weight excluding hydrogens is 330 g/mol. The highest BCUT2D eigenvalue weighted by Gasteiger charge is 2.33. The van der Waals surface area contributed by atoms with E-state index in [9.17, 15) is 9.59 Å². The second kappa shape index (κ2) is 7.56. The summed E-state index contributed by atoms with van der Waals surface area (Å²) >= 11 is 0. The molecule has 6 nitrogen and oxygen atoms in total. The summed E-state index contributed by atoms with van der Waals surface area (Å²) < 4.78 is 5.12. The number of benzene rings is 1. The summed E-state index contributed by atoms with van der Waals surface area (Å²) in [5, 5.41) is 2.61. The number of nitrogens with zero attached hydrogens (tertiary/aromatic N) is 2. The van der Waals surface area contributed by atoms with E-state index in [-0.39, 0.29) is 11.9 Å². The van der Waals surface area contributed by atoms with Gasteiger partial charge in [0.25, 0.3) is 0 Å². The van der Waals surface area contributed by atoms with Crippen molar-refractivity contribution >= 4 is 17.5 Å². The Balaban J connectivity index is 1.77. The molecule has 0 aliphatic carbocycles. The fraction of sp³-hybridized carbons (Fsp3) is 0.350. The van der Waals surface area contributed by atoms with Crippen LogP contribution < -0.4 is 10.1 Å². The van der Waals surface area contributed by atoms with Crippen LogP contribution in [0.2, 0.25) is 0 Å². The highest BCUT2D eigenvalue weighted by atomic mass is 16.5. The predicted molar refractivity (Wildman–Crippen MR) is 99.0 cm³/mol. The van der Waals surface area contributed by atoms with Crippen LogP contribution in [0.25, 0.3) is 0 Å². The number of pyridine rings is 1. The van der Waals surface area contributed by atoms with Crippen molar-refractivity contribution in [3.63, 3.8) is 0 Å². The Morgan fingerprint density at radius 2 is 2.04 bits per heavy atom. The number of methoxy groups -OCH3 is 1. The van der Waals surface area contributed by atoms with Gasteiger partial charge in [0.1, 0.15) is 5.69 Å². The minimum Gasteiger partial charge on any atom is -0.480 e. The third-order valence-corrected chi connectivity index (χ3v) is 4.84. The molecule has 0 unspecified atom stereocenters. The zero-order valence-electron chi connectivity index (χ0n) is 15.3. The number of carbonyl (C=O) groups excluding carboxylic acids is 2. The quantitative estimate of drug-likeness (QED) is 0.861. The van der Waals surface area contributed by atoms with Crippen LogP contribution >= 0.6 is 0 Å². The lowest BCUT2D eigenvalue weighted by Gasteiger charge is -2.25. The fourth-order valence-electron chi connectivity index (χ4n) is 3.28. The molecule has 1 atom stereocenters. The molecule has 2 aromatic rings. The number of nitrogens with one attached hydrogen (secondary N) is 1. The van der Waals surface area contributed by atoms with Gasteiger partial charge in [-0.3, -0.25) is 9.59 Å². The molecule has 0 bridgehead atoms. The molecule has 26 heavy (non-hydrogen) atoms. The van der Waals surface area contributed by atoms with Crippen LogP contribution in [0.5, 0.6) is 5.88 Å². The number of ether oxygens (including phenoxy) is 1. The van der Waals surface area contributed by atoms with Crippen LogP contribution in [0.15, 0.2) is 36.5 Å². The molecule has 6 heteroatoms. The molecule has 3 rings (SSSR count). The van der Waals surface area contributed by atoms with Crippen molar-refractivity contribution in [2.45, 2.75) is 32.7 Å². The topological polar surface area (TPSA) is 71.5 Å². The first-order valence-corrected chi connectivity index (χ1v) is 8.69. The summed E-state index contributed by atoms with van der Waals surface area (Å²) in [6, 6.07) is 9.47. The molecule has 1 aromatic heterocycles. The van der Waals surface area contributed by atoms with Gasteiger partial charge in [0.05, 0.1) is 13.2 Å². The molecular formula is C20H23N3O3. The van der Waals surface area contributed by atoms with E-state index in [2.05, 4.69) is 36.3 Å². The molecule has 2 amide bonds. The number of aryl methyl sites for hydroxylation is 2. The minimum atomic E-state index is -0.674. The molecule has 1 aliphatic heterocycles. The van der Waals surface area contributed by atoms with Gasteiger partial charge in [-0.15, -0.1) is 0 Å². The lowest BCUT2D eigenvalue weighted by atomic mass is 9.99. The van der Waals surface area contributed by atoms with Crippen molar-refractivity contribution in [2.75, 3.05) is 19.0 Å². The van der Waals surface area contributed by atoms with Crippen molar-refractivity contribution < 1.29 is 14.3 Å². The molecule has 0 radical (unpaired) electrons. The SMILES string of the molecule is COc1ncccc1NC(=O)C(=O)N1CCC[C@@H]1c1ccc(C)c(C)c1. The van der Waals surface area contributed by atoms with E-state index >= 15 is 0 Å². The van der Waals surface area contributed by atoms with Crippen LogP contribution in [-0.4, -0.2) is 35.4 Å². The normalized spacial score (nSPS) is 16.4. The minimum absolute atomic E-state index is 0.0663. The largest absolute Gasteiger partial charge is 0.480 e. The molecule has 0 spiro atoms. The van der Waals surface area contributed by atoms with Gasteiger partial charge in [-0.2, -0.15) is 0 Å². The van der Waals surface area contributed by atoms with E-state index in [1.807, 2.05) is 6.07 Å². The van der Waals surface area contributed by atoms with E-state index in [1.165, 1.54) is 18.2 Å². The zero-order valence-corrected chi connectivity index (χ0v) is 15.3. The molecule has 2 heterocycles. The summed E-state index contributed by atoms with van der Waals surface area (Å²) in [5.41, 5.74) is 3.86. The highest BCUT2D eigenvalue weighted by Crippen LogP contribution is 2.33. The number of carbonyl (C=O) groups is 2. The molecule has 0 saturated carbocycles.